The van der Waals surface area contributed by atoms with E-state index in [0.717, 1.165) is 30.0 Å². The van der Waals surface area contributed by atoms with Crippen LogP contribution in [0.15, 0.2) is 48.5 Å². The summed E-state index contributed by atoms with van der Waals surface area (Å²) < 4.78 is 0. The van der Waals surface area contributed by atoms with E-state index in [-0.39, 0.29) is 23.1 Å². The Kier molecular flexibility index (Phi) is 6.11. The van der Waals surface area contributed by atoms with E-state index >= 15 is 0 Å². The standard InChI is InChI=1S/C27H31N5O2S/c1-16(2)23(29)25(34)32-14-11-21-22(15-32)35-26(31-21)27(12-13-27)18-9-7-17(8-10-18)24(33)30-20-6-4-3-5-19(20)28/h3-10,16,23H,11-15,28-29H2,1-2H3,(H,30,33)/t23-/m0/s1. The highest BCUT2D eigenvalue weighted by Gasteiger charge is 2.49. The zero-order valence-electron chi connectivity index (χ0n) is 20.1. The van der Waals surface area contributed by atoms with E-state index in [2.05, 4.69) is 5.32 Å². The SMILES string of the molecule is CC(C)[C@H](N)C(=O)N1CCc2nc(C3(c4ccc(C(=O)Nc5ccccc5N)cc4)CC3)sc2C1. The predicted octanol–water partition coefficient (Wildman–Crippen LogP) is 3.93. The fourth-order valence-corrected chi connectivity index (χ4v) is 5.97. The third-order valence-corrected chi connectivity index (χ3v) is 8.40. The van der Waals surface area contributed by atoms with Crippen LogP contribution in [-0.2, 0) is 23.2 Å². The second-order valence-corrected chi connectivity index (χ2v) is 11.0. The monoisotopic (exact) mass is 489 g/mol. The smallest absolute Gasteiger partial charge is 0.255 e. The molecular formula is C27H31N5O2S. The molecule has 8 heteroatoms. The molecule has 0 saturated heterocycles. The number of fused-ring (bicyclic) bond motifs is 1. The number of nitrogens with zero attached hydrogens (tertiary/aromatic N) is 2. The summed E-state index contributed by atoms with van der Waals surface area (Å²) in [5.41, 5.74) is 16.0. The second-order valence-electron chi connectivity index (χ2n) is 9.87. The third kappa shape index (κ3) is 4.44. The molecule has 0 spiro atoms. The van der Waals surface area contributed by atoms with Crippen molar-refractivity contribution in [1.29, 1.82) is 0 Å². The summed E-state index contributed by atoms with van der Waals surface area (Å²) in [4.78, 5) is 33.5. The quantitative estimate of drug-likeness (QED) is 0.454. The number of amides is 2. The van der Waals surface area contributed by atoms with Crippen molar-refractivity contribution in [2.24, 2.45) is 11.7 Å². The van der Waals surface area contributed by atoms with Crippen LogP contribution in [-0.4, -0.2) is 34.3 Å². The Morgan fingerprint density at radius 3 is 2.49 bits per heavy atom. The molecule has 1 aliphatic heterocycles. The van der Waals surface area contributed by atoms with Crippen molar-refractivity contribution >= 4 is 34.5 Å². The van der Waals surface area contributed by atoms with Gasteiger partial charge in [-0.3, -0.25) is 9.59 Å². The van der Waals surface area contributed by atoms with Crippen LogP contribution in [0.2, 0.25) is 0 Å². The average Bonchev–Trinajstić information content (AvgIpc) is 3.56. The number of benzene rings is 2. The van der Waals surface area contributed by atoms with Crippen LogP contribution in [0.1, 0.15) is 58.2 Å². The van der Waals surface area contributed by atoms with E-state index in [9.17, 15) is 9.59 Å². The Hall–Kier alpha value is -3.23. The van der Waals surface area contributed by atoms with Crippen LogP contribution in [0, 0.1) is 5.92 Å². The summed E-state index contributed by atoms with van der Waals surface area (Å²) in [5, 5.41) is 3.99. The van der Waals surface area contributed by atoms with Crippen LogP contribution in [0.25, 0.3) is 0 Å². The summed E-state index contributed by atoms with van der Waals surface area (Å²) >= 11 is 1.72. The molecule has 35 heavy (non-hydrogen) atoms. The first-order valence-electron chi connectivity index (χ1n) is 12.1. The van der Waals surface area contributed by atoms with Crippen LogP contribution < -0.4 is 16.8 Å². The molecule has 5 N–H and O–H groups in total. The molecule has 2 heterocycles. The first-order valence-corrected chi connectivity index (χ1v) is 12.9. The number of hydrogen-bond acceptors (Lipinski definition) is 6. The van der Waals surface area contributed by atoms with Crippen molar-refractivity contribution in [3.8, 4) is 0 Å². The van der Waals surface area contributed by atoms with E-state index in [4.69, 9.17) is 16.5 Å². The fraction of sp³-hybridized carbons (Fsp3) is 0.370. The van der Waals surface area contributed by atoms with Gasteiger partial charge in [0.05, 0.1) is 29.7 Å². The number of carbonyl (C=O) groups is 2. The summed E-state index contributed by atoms with van der Waals surface area (Å²) in [7, 11) is 0. The van der Waals surface area contributed by atoms with Crippen LogP contribution >= 0.6 is 11.3 Å². The Balaban J connectivity index is 1.31. The Morgan fingerprint density at radius 2 is 1.83 bits per heavy atom. The Bertz CT molecular complexity index is 1260. The number of carbonyl (C=O) groups excluding carboxylic acids is 2. The van der Waals surface area contributed by atoms with Gasteiger partial charge in [0.25, 0.3) is 5.91 Å². The van der Waals surface area contributed by atoms with Crippen molar-refractivity contribution < 1.29 is 9.59 Å². The maximum atomic E-state index is 12.8. The number of nitrogens with one attached hydrogen (secondary N) is 1. The molecule has 5 rings (SSSR count). The van der Waals surface area contributed by atoms with Crippen molar-refractivity contribution in [2.75, 3.05) is 17.6 Å². The van der Waals surface area contributed by atoms with Crippen molar-refractivity contribution in [2.45, 2.75) is 51.1 Å². The first kappa shape index (κ1) is 23.5. The lowest BCUT2D eigenvalue weighted by Gasteiger charge is -2.29. The van der Waals surface area contributed by atoms with Gasteiger partial charge in [-0.25, -0.2) is 4.98 Å². The summed E-state index contributed by atoms with van der Waals surface area (Å²) in [6, 6.07) is 14.6. The maximum absolute atomic E-state index is 12.8. The minimum atomic E-state index is -0.465. The van der Waals surface area contributed by atoms with Gasteiger partial charge in [-0.2, -0.15) is 0 Å². The van der Waals surface area contributed by atoms with E-state index < -0.39 is 6.04 Å². The molecule has 2 amide bonds. The molecule has 0 radical (unpaired) electrons. The predicted molar refractivity (Wildman–Crippen MR) is 139 cm³/mol. The Morgan fingerprint density at radius 1 is 1.11 bits per heavy atom. The number of anilines is 2. The highest BCUT2D eigenvalue weighted by Crippen LogP contribution is 2.55. The van der Waals surface area contributed by atoms with Gasteiger partial charge in [0.1, 0.15) is 5.01 Å². The van der Waals surface area contributed by atoms with E-state index in [1.165, 1.54) is 10.4 Å². The fourth-order valence-electron chi connectivity index (χ4n) is 4.58. The number of para-hydroxylation sites is 2. The summed E-state index contributed by atoms with van der Waals surface area (Å²) in [5.74, 6) is -0.0491. The number of nitrogens with two attached hydrogens (primary N) is 2. The first-order chi connectivity index (χ1) is 16.8. The molecule has 0 bridgehead atoms. The number of hydrogen-bond donors (Lipinski definition) is 3. The molecule has 7 nitrogen and oxygen atoms in total. The highest BCUT2D eigenvalue weighted by molar-refractivity contribution is 7.12. The number of thiazole rings is 1. The normalized spacial score (nSPS) is 17.1. The van der Waals surface area contributed by atoms with Gasteiger partial charge in [-0.1, -0.05) is 38.1 Å². The minimum Gasteiger partial charge on any atom is -0.397 e. The minimum absolute atomic E-state index is 0.0212. The van der Waals surface area contributed by atoms with Crippen LogP contribution in [0.5, 0.6) is 0 Å². The molecule has 3 aromatic rings. The molecule has 1 aliphatic carbocycles. The average molecular weight is 490 g/mol. The van der Waals surface area contributed by atoms with Gasteiger partial charge in [0.2, 0.25) is 5.91 Å². The zero-order chi connectivity index (χ0) is 24.7. The van der Waals surface area contributed by atoms with Crippen LogP contribution in [0.3, 0.4) is 0 Å². The highest BCUT2D eigenvalue weighted by atomic mass is 32.1. The molecular weight excluding hydrogens is 458 g/mol. The van der Waals surface area contributed by atoms with Gasteiger partial charge >= 0.3 is 0 Å². The van der Waals surface area contributed by atoms with Gasteiger partial charge in [-0.05, 0) is 48.6 Å². The molecule has 1 saturated carbocycles. The van der Waals surface area contributed by atoms with Crippen molar-refractivity contribution in [3.63, 3.8) is 0 Å². The molecule has 1 aromatic heterocycles. The number of aromatic nitrogens is 1. The van der Waals surface area contributed by atoms with Gasteiger partial charge in [-0.15, -0.1) is 11.3 Å². The molecule has 2 aromatic carbocycles. The molecule has 182 valence electrons. The van der Waals surface area contributed by atoms with Crippen molar-refractivity contribution in [3.05, 3.63) is 75.2 Å². The van der Waals surface area contributed by atoms with Crippen molar-refractivity contribution in [1.82, 2.24) is 9.88 Å². The van der Waals surface area contributed by atoms with E-state index in [1.807, 2.05) is 55.1 Å². The molecule has 1 atom stereocenters. The van der Waals surface area contributed by atoms with Gasteiger partial charge < -0.3 is 21.7 Å². The Labute approximate surface area is 209 Å². The van der Waals surface area contributed by atoms with Crippen LogP contribution in [0.4, 0.5) is 11.4 Å². The molecule has 0 unspecified atom stereocenters. The lowest BCUT2D eigenvalue weighted by atomic mass is 9.95. The largest absolute Gasteiger partial charge is 0.397 e. The number of nitrogen functional groups attached to an aromatic ring is 1. The second kappa shape index (κ2) is 9.09. The lowest BCUT2D eigenvalue weighted by Crippen LogP contribution is -2.47. The summed E-state index contributed by atoms with van der Waals surface area (Å²) in [6.45, 7) is 5.21. The summed E-state index contributed by atoms with van der Waals surface area (Å²) in [6.07, 6.45) is 2.83. The van der Waals surface area contributed by atoms with E-state index in [1.54, 1.807) is 23.5 Å². The maximum Gasteiger partial charge on any atom is 0.255 e. The zero-order valence-corrected chi connectivity index (χ0v) is 20.9. The molecule has 2 aliphatic rings. The van der Waals surface area contributed by atoms with Gasteiger partial charge in [0, 0.05) is 28.8 Å². The van der Waals surface area contributed by atoms with Gasteiger partial charge in [0.15, 0.2) is 0 Å². The third-order valence-electron chi connectivity index (χ3n) is 7.11. The molecule has 1 fully saturated rings. The van der Waals surface area contributed by atoms with E-state index in [0.29, 0.717) is 30.0 Å². The lowest BCUT2D eigenvalue weighted by molar-refractivity contribution is -0.134. The number of rotatable bonds is 6. The topological polar surface area (TPSA) is 114 Å².